The summed E-state index contributed by atoms with van der Waals surface area (Å²) in [5.74, 6) is 0. The summed E-state index contributed by atoms with van der Waals surface area (Å²) in [6, 6.07) is 10.6. The summed E-state index contributed by atoms with van der Waals surface area (Å²) < 4.78 is 6.40. The minimum Gasteiger partial charge on any atom is -0.359 e. The lowest BCUT2D eigenvalue weighted by atomic mass is 9.87. The van der Waals surface area contributed by atoms with Crippen LogP contribution in [0.4, 0.5) is 0 Å². The molecule has 1 aliphatic heterocycles. The SMILES string of the molecule is C1=CC2(CCCCCCC2)OC1c1ccccc1. The molecule has 96 valence electrons. The molecule has 1 heteroatoms. The van der Waals surface area contributed by atoms with Crippen LogP contribution < -0.4 is 0 Å². The number of benzene rings is 1. The fourth-order valence-corrected chi connectivity index (χ4v) is 3.20. The Balaban J connectivity index is 1.72. The van der Waals surface area contributed by atoms with E-state index < -0.39 is 0 Å². The normalized spacial score (nSPS) is 27.0. The van der Waals surface area contributed by atoms with E-state index in [1.165, 1.54) is 50.5 Å². The summed E-state index contributed by atoms with van der Waals surface area (Å²) in [7, 11) is 0. The molecule has 2 aliphatic rings. The molecule has 1 spiro atoms. The molecule has 0 radical (unpaired) electrons. The van der Waals surface area contributed by atoms with Crippen LogP contribution >= 0.6 is 0 Å². The minimum absolute atomic E-state index is 0.0426. The van der Waals surface area contributed by atoms with Crippen molar-refractivity contribution in [1.29, 1.82) is 0 Å². The third-order valence-electron chi connectivity index (χ3n) is 4.26. The highest BCUT2D eigenvalue weighted by atomic mass is 16.5. The monoisotopic (exact) mass is 242 g/mol. The van der Waals surface area contributed by atoms with Gasteiger partial charge in [0.2, 0.25) is 0 Å². The lowest BCUT2D eigenvalue weighted by molar-refractivity contribution is -0.0407. The fraction of sp³-hybridized carbons (Fsp3) is 0.529. The van der Waals surface area contributed by atoms with Crippen LogP contribution in [0, 0.1) is 0 Å². The first-order chi connectivity index (χ1) is 8.88. The molecule has 1 saturated carbocycles. The average Bonchev–Trinajstić information content (AvgIpc) is 2.81. The van der Waals surface area contributed by atoms with Crippen LogP contribution in [0.2, 0.25) is 0 Å². The first-order valence-corrected chi connectivity index (χ1v) is 7.30. The van der Waals surface area contributed by atoms with Gasteiger partial charge in [-0.25, -0.2) is 0 Å². The maximum Gasteiger partial charge on any atom is 0.102 e. The van der Waals surface area contributed by atoms with Crippen LogP contribution in [0.25, 0.3) is 0 Å². The van der Waals surface area contributed by atoms with Crippen molar-refractivity contribution in [2.45, 2.75) is 56.7 Å². The van der Waals surface area contributed by atoms with Crippen LogP contribution in [-0.2, 0) is 4.74 Å². The van der Waals surface area contributed by atoms with Crippen LogP contribution in [0.15, 0.2) is 42.5 Å². The molecule has 1 fully saturated rings. The van der Waals surface area contributed by atoms with Crippen LogP contribution in [-0.4, -0.2) is 5.60 Å². The van der Waals surface area contributed by atoms with Gasteiger partial charge in [-0.2, -0.15) is 0 Å². The summed E-state index contributed by atoms with van der Waals surface area (Å²) in [6.07, 6.45) is 13.9. The Morgan fingerprint density at radius 2 is 1.56 bits per heavy atom. The van der Waals surface area contributed by atoms with Gasteiger partial charge < -0.3 is 4.74 Å². The zero-order valence-corrected chi connectivity index (χ0v) is 11.0. The number of ether oxygens (including phenoxy) is 1. The van der Waals surface area contributed by atoms with Crippen molar-refractivity contribution in [2.75, 3.05) is 0 Å². The van der Waals surface area contributed by atoms with E-state index in [1.54, 1.807) is 0 Å². The largest absolute Gasteiger partial charge is 0.359 e. The summed E-state index contributed by atoms with van der Waals surface area (Å²) in [4.78, 5) is 0. The minimum atomic E-state index is 0.0426. The third-order valence-corrected chi connectivity index (χ3v) is 4.26. The van der Waals surface area contributed by atoms with Gasteiger partial charge in [-0.05, 0) is 18.4 Å². The Morgan fingerprint density at radius 1 is 0.889 bits per heavy atom. The van der Waals surface area contributed by atoms with Gasteiger partial charge in [0.1, 0.15) is 6.10 Å². The highest BCUT2D eigenvalue weighted by Gasteiger charge is 2.35. The predicted octanol–water partition coefficient (Wildman–Crippen LogP) is 4.80. The topological polar surface area (TPSA) is 9.23 Å². The van der Waals surface area contributed by atoms with E-state index in [1.807, 2.05) is 0 Å². The van der Waals surface area contributed by atoms with Crippen molar-refractivity contribution in [1.82, 2.24) is 0 Å². The van der Waals surface area contributed by atoms with Crippen molar-refractivity contribution in [3.63, 3.8) is 0 Å². The Kier molecular flexibility index (Phi) is 3.51. The Morgan fingerprint density at radius 3 is 2.28 bits per heavy atom. The molecule has 0 N–H and O–H groups in total. The number of hydrogen-bond donors (Lipinski definition) is 0. The van der Waals surface area contributed by atoms with Gasteiger partial charge in [0.15, 0.2) is 0 Å². The first kappa shape index (κ1) is 12.0. The number of hydrogen-bond acceptors (Lipinski definition) is 1. The Hall–Kier alpha value is -1.08. The molecule has 0 bridgehead atoms. The second-order valence-corrected chi connectivity index (χ2v) is 5.64. The molecule has 1 atom stereocenters. The van der Waals surface area contributed by atoms with Gasteiger partial charge in [0.25, 0.3) is 0 Å². The molecule has 1 nitrogen and oxygen atoms in total. The Labute approximate surface area is 110 Å². The Bertz CT molecular complexity index is 399. The van der Waals surface area contributed by atoms with Gasteiger partial charge in [0, 0.05) is 0 Å². The molecule has 1 aromatic carbocycles. The zero-order valence-electron chi connectivity index (χ0n) is 11.0. The van der Waals surface area contributed by atoms with Crippen molar-refractivity contribution >= 4 is 0 Å². The predicted molar refractivity (Wildman–Crippen MR) is 74.5 cm³/mol. The average molecular weight is 242 g/mol. The van der Waals surface area contributed by atoms with Gasteiger partial charge in [-0.15, -0.1) is 0 Å². The lowest BCUT2D eigenvalue weighted by Crippen LogP contribution is -2.28. The second kappa shape index (κ2) is 5.27. The van der Waals surface area contributed by atoms with E-state index in [4.69, 9.17) is 4.74 Å². The van der Waals surface area contributed by atoms with Crippen molar-refractivity contribution in [3.8, 4) is 0 Å². The number of rotatable bonds is 1. The molecule has 1 aromatic rings. The van der Waals surface area contributed by atoms with Gasteiger partial charge in [0.05, 0.1) is 5.60 Å². The quantitative estimate of drug-likeness (QED) is 0.643. The van der Waals surface area contributed by atoms with Gasteiger partial charge >= 0.3 is 0 Å². The molecule has 0 amide bonds. The molecule has 18 heavy (non-hydrogen) atoms. The van der Waals surface area contributed by atoms with Gasteiger partial charge in [-0.3, -0.25) is 0 Å². The molecule has 3 rings (SSSR count). The maximum absolute atomic E-state index is 6.40. The molecule has 1 unspecified atom stereocenters. The molecule has 1 heterocycles. The smallest absolute Gasteiger partial charge is 0.102 e. The molecule has 0 saturated heterocycles. The van der Waals surface area contributed by atoms with E-state index in [0.29, 0.717) is 0 Å². The highest BCUT2D eigenvalue weighted by molar-refractivity contribution is 5.26. The van der Waals surface area contributed by atoms with Crippen LogP contribution in [0.1, 0.15) is 56.6 Å². The molecular formula is C17H22O. The molecule has 1 aliphatic carbocycles. The summed E-state index contributed by atoms with van der Waals surface area (Å²) in [5, 5.41) is 0. The molecule has 0 aromatic heterocycles. The summed E-state index contributed by atoms with van der Waals surface area (Å²) in [5.41, 5.74) is 1.33. The van der Waals surface area contributed by atoms with Gasteiger partial charge in [-0.1, -0.05) is 74.6 Å². The van der Waals surface area contributed by atoms with Crippen molar-refractivity contribution < 1.29 is 4.74 Å². The zero-order chi connectivity index (χ0) is 12.3. The standard InChI is InChI=1S/C17H22O/c1-2-7-12-17(13-8-3-1)14-11-16(18-17)15-9-5-4-6-10-15/h4-6,9-11,14,16H,1-3,7-8,12-13H2. The van der Waals surface area contributed by atoms with Crippen LogP contribution in [0.5, 0.6) is 0 Å². The first-order valence-electron chi connectivity index (χ1n) is 7.30. The fourth-order valence-electron chi connectivity index (χ4n) is 3.20. The van der Waals surface area contributed by atoms with Crippen molar-refractivity contribution in [2.24, 2.45) is 0 Å². The van der Waals surface area contributed by atoms with E-state index in [2.05, 4.69) is 42.5 Å². The summed E-state index contributed by atoms with van der Waals surface area (Å²) in [6.45, 7) is 0. The van der Waals surface area contributed by atoms with E-state index >= 15 is 0 Å². The van der Waals surface area contributed by atoms with Crippen LogP contribution in [0.3, 0.4) is 0 Å². The summed E-state index contributed by atoms with van der Waals surface area (Å²) >= 11 is 0. The lowest BCUT2D eigenvalue weighted by Gasteiger charge is -2.31. The van der Waals surface area contributed by atoms with E-state index in [0.717, 1.165) is 0 Å². The third kappa shape index (κ3) is 2.51. The highest BCUT2D eigenvalue weighted by Crippen LogP contribution is 2.40. The second-order valence-electron chi connectivity index (χ2n) is 5.64. The van der Waals surface area contributed by atoms with Crippen molar-refractivity contribution in [3.05, 3.63) is 48.0 Å². The van der Waals surface area contributed by atoms with E-state index in [-0.39, 0.29) is 11.7 Å². The van der Waals surface area contributed by atoms with E-state index in [9.17, 15) is 0 Å². The maximum atomic E-state index is 6.40. The molecular weight excluding hydrogens is 220 g/mol.